The minimum absolute atomic E-state index is 0.208. The summed E-state index contributed by atoms with van der Waals surface area (Å²) in [6.45, 7) is 1.02. The number of carboxylic acids is 1. The normalized spacial score (nSPS) is 14.8. The second kappa shape index (κ2) is 5.44. The van der Waals surface area contributed by atoms with Gasteiger partial charge in [-0.25, -0.2) is 4.79 Å². The molecule has 21 heavy (non-hydrogen) atoms. The van der Waals surface area contributed by atoms with Crippen molar-refractivity contribution in [2.45, 2.75) is 6.54 Å². The van der Waals surface area contributed by atoms with Gasteiger partial charge in [-0.05, 0) is 16.3 Å². The molecule has 1 aliphatic heterocycles. The monoisotopic (exact) mass is 284 g/mol. The van der Waals surface area contributed by atoms with Gasteiger partial charge in [0.15, 0.2) is 0 Å². The Morgan fingerprint density at radius 1 is 1.14 bits per heavy atom. The number of rotatable bonds is 3. The number of urea groups is 1. The number of nitrogens with one attached hydrogen (secondary N) is 1. The lowest BCUT2D eigenvalue weighted by Gasteiger charge is -2.36. The Labute approximate surface area is 122 Å². The summed E-state index contributed by atoms with van der Waals surface area (Å²) in [5.74, 6) is -1.26. The quantitative estimate of drug-likeness (QED) is 0.906. The summed E-state index contributed by atoms with van der Waals surface area (Å²) in [6.07, 6.45) is 0. The van der Waals surface area contributed by atoms with E-state index in [1.165, 1.54) is 4.90 Å². The van der Waals surface area contributed by atoms with E-state index >= 15 is 0 Å². The molecule has 3 rings (SSSR count). The van der Waals surface area contributed by atoms with E-state index < -0.39 is 11.9 Å². The number of nitrogens with zero attached hydrogens (tertiary/aromatic N) is 1. The molecule has 5 nitrogen and oxygen atoms in total. The molecule has 0 aliphatic carbocycles. The van der Waals surface area contributed by atoms with Gasteiger partial charge in [-0.2, -0.15) is 0 Å². The molecule has 2 aromatic carbocycles. The summed E-state index contributed by atoms with van der Waals surface area (Å²) < 4.78 is 0. The molecular weight excluding hydrogens is 268 g/mol. The first kappa shape index (κ1) is 13.4. The van der Waals surface area contributed by atoms with Gasteiger partial charge in [0.25, 0.3) is 0 Å². The molecule has 5 heteroatoms. The van der Waals surface area contributed by atoms with Crippen molar-refractivity contribution in [1.29, 1.82) is 0 Å². The lowest BCUT2D eigenvalue weighted by molar-refractivity contribution is -0.146. The third-order valence-corrected chi connectivity index (χ3v) is 3.83. The number of likely N-dealkylation sites (tertiary alicyclic amines) is 1. The molecule has 0 aromatic heterocycles. The van der Waals surface area contributed by atoms with Crippen LogP contribution in [0.3, 0.4) is 0 Å². The number of fused-ring (bicyclic) bond motifs is 1. The highest BCUT2D eigenvalue weighted by Crippen LogP contribution is 2.19. The lowest BCUT2D eigenvalue weighted by Crippen LogP contribution is -2.56. The van der Waals surface area contributed by atoms with E-state index in [2.05, 4.69) is 5.32 Å². The van der Waals surface area contributed by atoms with E-state index in [0.717, 1.165) is 16.3 Å². The molecule has 2 amide bonds. The topological polar surface area (TPSA) is 69.6 Å². The second-order valence-corrected chi connectivity index (χ2v) is 5.24. The molecule has 1 aliphatic rings. The predicted octanol–water partition coefficient (Wildman–Crippen LogP) is 2.07. The van der Waals surface area contributed by atoms with Gasteiger partial charge >= 0.3 is 12.0 Å². The summed E-state index contributed by atoms with van der Waals surface area (Å²) in [6, 6.07) is 13.8. The molecule has 0 saturated carbocycles. The van der Waals surface area contributed by atoms with Crippen molar-refractivity contribution < 1.29 is 14.7 Å². The minimum Gasteiger partial charge on any atom is -0.481 e. The molecular formula is C16H16N2O3. The minimum atomic E-state index is -0.840. The van der Waals surface area contributed by atoms with E-state index in [1.54, 1.807) is 0 Å². The van der Waals surface area contributed by atoms with Gasteiger partial charge < -0.3 is 15.3 Å². The third kappa shape index (κ3) is 2.67. The SMILES string of the molecule is O=C(O)C1CN(C(=O)NCc2cccc3ccccc23)C1. The summed E-state index contributed by atoms with van der Waals surface area (Å²) in [4.78, 5) is 24.2. The molecule has 1 fully saturated rings. The van der Waals surface area contributed by atoms with Crippen molar-refractivity contribution in [3.8, 4) is 0 Å². The fraction of sp³-hybridized carbons (Fsp3) is 0.250. The number of carbonyl (C=O) groups is 2. The molecule has 0 unspecified atom stereocenters. The largest absolute Gasteiger partial charge is 0.481 e. The van der Waals surface area contributed by atoms with Gasteiger partial charge in [-0.15, -0.1) is 0 Å². The maximum absolute atomic E-state index is 11.9. The number of carboxylic acid groups (broad SMARTS) is 1. The first-order valence-corrected chi connectivity index (χ1v) is 6.87. The van der Waals surface area contributed by atoms with Crippen LogP contribution in [0.1, 0.15) is 5.56 Å². The van der Waals surface area contributed by atoms with Gasteiger partial charge in [0.05, 0.1) is 5.92 Å². The zero-order valence-electron chi connectivity index (χ0n) is 11.5. The van der Waals surface area contributed by atoms with Gasteiger partial charge in [-0.3, -0.25) is 4.79 Å². The first-order valence-electron chi connectivity index (χ1n) is 6.87. The maximum Gasteiger partial charge on any atom is 0.317 e. The highest BCUT2D eigenvalue weighted by Gasteiger charge is 2.35. The van der Waals surface area contributed by atoms with Crippen molar-refractivity contribution in [2.24, 2.45) is 5.92 Å². The van der Waals surface area contributed by atoms with E-state index in [9.17, 15) is 9.59 Å². The number of amides is 2. The summed E-state index contributed by atoms with van der Waals surface area (Å²) in [7, 11) is 0. The zero-order chi connectivity index (χ0) is 14.8. The first-order chi connectivity index (χ1) is 10.1. The standard InChI is InChI=1S/C16H16N2O3/c19-15(20)13-9-18(10-13)16(21)17-8-12-6-3-5-11-4-1-2-7-14(11)12/h1-7,13H,8-10H2,(H,17,21)(H,19,20). The Balaban J connectivity index is 1.62. The van der Waals surface area contributed by atoms with Crippen molar-refractivity contribution in [1.82, 2.24) is 10.2 Å². The number of hydrogen-bond acceptors (Lipinski definition) is 2. The summed E-state index contributed by atoms with van der Waals surface area (Å²) in [5.41, 5.74) is 1.05. The van der Waals surface area contributed by atoms with E-state index in [4.69, 9.17) is 5.11 Å². The van der Waals surface area contributed by atoms with Crippen LogP contribution in [0.15, 0.2) is 42.5 Å². The van der Waals surface area contributed by atoms with Gasteiger partial charge in [0.2, 0.25) is 0 Å². The van der Waals surface area contributed by atoms with E-state index in [0.29, 0.717) is 6.54 Å². The summed E-state index contributed by atoms with van der Waals surface area (Å²) in [5, 5.41) is 13.9. The molecule has 0 radical (unpaired) electrons. The molecule has 1 heterocycles. The number of carbonyl (C=O) groups excluding carboxylic acids is 1. The number of hydrogen-bond donors (Lipinski definition) is 2. The lowest BCUT2D eigenvalue weighted by atomic mass is 10.0. The van der Waals surface area contributed by atoms with Crippen molar-refractivity contribution in [2.75, 3.05) is 13.1 Å². The van der Waals surface area contributed by atoms with Crippen LogP contribution in [0.2, 0.25) is 0 Å². The number of aliphatic carboxylic acids is 1. The van der Waals surface area contributed by atoms with Crippen LogP contribution >= 0.6 is 0 Å². The zero-order valence-corrected chi connectivity index (χ0v) is 11.5. The highest BCUT2D eigenvalue weighted by atomic mass is 16.4. The molecule has 0 atom stereocenters. The Morgan fingerprint density at radius 3 is 2.62 bits per heavy atom. The average molecular weight is 284 g/mol. The smallest absolute Gasteiger partial charge is 0.317 e. The predicted molar refractivity (Wildman–Crippen MR) is 78.9 cm³/mol. The van der Waals surface area contributed by atoms with Gasteiger partial charge in [-0.1, -0.05) is 42.5 Å². The van der Waals surface area contributed by atoms with Crippen molar-refractivity contribution in [3.63, 3.8) is 0 Å². The van der Waals surface area contributed by atoms with Gasteiger partial charge in [0, 0.05) is 19.6 Å². The fourth-order valence-electron chi connectivity index (χ4n) is 2.53. The van der Waals surface area contributed by atoms with Crippen molar-refractivity contribution >= 4 is 22.8 Å². The van der Waals surface area contributed by atoms with E-state index in [1.807, 2.05) is 42.5 Å². The van der Waals surface area contributed by atoms with Crippen LogP contribution in [0.4, 0.5) is 4.79 Å². The maximum atomic E-state index is 11.9. The van der Waals surface area contributed by atoms with Crippen LogP contribution in [-0.2, 0) is 11.3 Å². The Bertz CT molecular complexity index is 687. The van der Waals surface area contributed by atoms with Crippen LogP contribution in [0, 0.1) is 5.92 Å². The Kier molecular flexibility index (Phi) is 3.48. The van der Waals surface area contributed by atoms with E-state index in [-0.39, 0.29) is 19.1 Å². The summed E-state index contributed by atoms with van der Waals surface area (Å²) >= 11 is 0. The second-order valence-electron chi connectivity index (χ2n) is 5.24. The van der Waals surface area contributed by atoms with Crippen molar-refractivity contribution in [3.05, 3.63) is 48.0 Å². The molecule has 0 bridgehead atoms. The number of benzene rings is 2. The molecule has 108 valence electrons. The van der Waals surface area contributed by atoms with Crippen LogP contribution in [0.5, 0.6) is 0 Å². The molecule has 0 spiro atoms. The third-order valence-electron chi connectivity index (χ3n) is 3.83. The highest BCUT2D eigenvalue weighted by molar-refractivity contribution is 5.86. The average Bonchev–Trinajstić information content (AvgIpc) is 2.43. The molecule has 2 aromatic rings. The van der Waals surface area contributed by atoms with Gasteiger partial charge in [0.1, 0.15) is 0 Å². The molecule has 2 N–H and O–H groups in total. The Morgan fingerprint density at radius 2 is 1.86 bits per heavy atom. The van der Waals surface area contributed by atoms with Crippen LogP contribution in [0.25, 0.3) is 10.8 Å². The Hall–Kier alpha value is -2.56. The fourth-order valence-corrected chi connectivity index (χ4v) is 2.53. The van der Waals surface area contributed by atoms with Crippen LogP contribution < -0.4 is 5.32 Å². The van der Waals surface area contributed by atoms with Crippen LogP contribution in [-0.4, -0.2) is 35.1 Å². The molecule has 1 saturated heterocycles.